The van der Waals surface area contributed by atoms with Crippen LogP contribution < -0.4 is 10.0 Å². The Morgan fingerprint density at radius 1 is 0.893 bits per heavy atom. The molecule has 0 bridgehead atoms. The summed E-state index contributed by atoms with van der Waals surface area (Å²) in [5.41, 5.74) is 2.74. The Hall–Kier alpha value is -3.19. The lowest BCUT2D eigenvalue weighted by Crippen LogP contribution is -2.16. The van der Waals surface area contributed by atoms with Gasteiger partial charge in [-0.1, -0.05) is 24.3 Å². The largest absolute Gasteiger partial charge is 0.322 e. The van der Waals surface area contributed by atoms with Crippen molar-refractivity contribution in [1.82, 2.24) is 0 Å². The lowest BCUT2D eigenvalue weighted by atomic mass is 10.1. The number of halogens is 1. The van der Waals surface area contributed by atoms with Gasteiger partial charge in [0, 0.05) is 11.3 Å². The molecule has 0 saturated heterocycles. The lowest BCUT2D eigenvalue weighted by molar-refractivity contribution is 0.102. The van der Waals surface area contributed by atoms with Gasteiger partial charge in [0.15, 0.2) is 0 Å². The highest BCUT2D eigenvalue weighted by molar-refractivity contribution is 7.92. The zero-order valence-electron chi connectivity index (χ0n) is 15.4. The Morgan fingerprint density at radius 3 is 2.11 bits per heavy atom. The molecule has 0 aliphatic heterocycles. The minimum absolute atomic E-state index is 0.0393. The van der Waals surface area contributed by atoms with Crippen molar-refractivity contribution in [3.05, 3.63) is 89.2 Å². The van der Waals surface area contributed by atoms with Crippen molar-refractivity contribution in [2.45, 2.75) is 18.7 Å². The Morgan fingerprint density at radius 2 is 1.50 bits per heavy atom. The van der Waals surface area contributed by atoms with Gasteiger partial charge in [0.25, 0.3) is 15.9 Å². The summed E-state index contributed by atoms with van der Waals surface area (Å²) in [5, 5.41) is 2.57. The number of aryl methyl sites for hydroxylation is 2. The van der Waals surface area contributed by atoms with Gasteiger partial charge in [-0.25, -0.2) is 12.8 Å². The molecule has 3 aromatic rings. The number of benzene rings is 3. The summed E-state index contributed by atoms with van der Waals surface area (Å²) >= 11 is 0. The highest BCUT2D eigenvalue weighted by Crippen LogP contribution is 2.23. The maximum Gasteiger partial charge on any atom is 0.261 e. The van der Waals surface area contributed by atoms with Crippen LogP contribution in [0, 0.1) is 19.7 Å². The highest BCUT2D eigenvalue weighted by atomic mass is 32.2. The fraction of sp³-hybridized carbons (Fsp3) is 0.0952. The van der Waals surface area contributed by atoms with Crippen molar-refractivity contribution in [2.24, 2.45) is 0 Å². The van der Waals surface area contributed by atoms with Gasteiger partial charge in [0.1, 0.15) is 5.82 Å². The number of sulfonamides is 1. The lowest BCUT2D eigenvalue weighted by Gasteiger charge is -2.13. The summed E-state index contributed by atoms with van der Waals surface area (Å²) in [6, 6.07) is 16.6. The second-order valence-corrected chi connectivity index (χ2v) is 8.04. The van der Waals surface area contributed by atoms with Crippen LogP contribution in [-0.4, -0.2) is 14.3 Å². The molecule has 7 heteroatoms. The first-order valence-corrected chi connectivity index (χ1v) is 10.0. The molecule has 0 atom stereocenters. The third kappa shape index (κ3) is 4.37. The van der Waals surface area contributed by atoms with Crippen LogP contribution in [0.15, 0.2) is 71.6 Å². The topological polar surface area (TPSA) is 75.3 Å². The van der Waals surface area contributed by atoms with Crippen LogP contribution in [0.1, 0.15) is 21.5 Å². The predicted molar refractivity (Wildman–Crippen MR) is 108 cm³/mol. The molecule has 3 aromatic carbocycles. The van der Waals surface area contributed by atoms with Crippen molar-refractivity contribution in [2.75, 3.05) is 10.0 Å². The van der Waals surface area contributed by atoms with Crippen molar-refractivity contribution < 1.29 is 17.6 Å². The van der Waals surface area contributed by atoms with Crippen LogP contribution in [0.2, 0.25) is 0 Å². The van der Waals surface area contributed by atoms with Gasteiger partial charge in [-0.3, -0.25) is 9.52 Å². The molecule has 0 spiro atoms. The van der Waals surface area contributed by atoms with E-state index in [1.807, 2.05) is 32.0 Å². The first-order valence-electron chi connectivity index (χ1n) is 8.52. The molecular formula is C21H19FN2O3S. The van der Waals surface area contributed by atoms with Gasteiger partial charge >= 0.3 is 0 Å². The van der Waals surface area contributed by atoms with E-state index in [0.29, 0.717) is 11.4 Å². The van der Waals surface area contributed by atoms with Gasteiger partial charge in [0.2, 0.25) is 0 Å². The third-order valence-corrected chi connectivity index (χ3v) is 5.59. The van der Waals surface area contributed by atoms with E-state index in [-0.39, 0.29) is 10.5 Å². The van der Waals surface area contributed by atoms with Crippen LogP contribution >= 0.6 is 0 Å². The normalized spacial score (nSPS) is 11.1. The van der Waals surface area contributed by atoms with E-state index >= 15 is 0 Å². The molecule has 3 rings (SSSR count). The molecule has 0 aliphatic rings. The summed E-state index contributed by atoms with van der Waals surface area (Å²) < 4.78 is 41.1. The summed E-state index contributed by atoms with van der Waals surface area (Å²) in [7, 11) is -3.80. The van der Waals surface area contributed by atoms with Crippen LogP contribution in [0.4, 0.5) is 15.8 Å². The minimum atomic E-state index is -3.80. The minimum Gasteiger partial charge on any atom is -0.322 e. The van der Waals surface area contributed by atoms with E-state index in [1.54, 1.807) is 6.07 Å². The van der Waals surface area contributed by atoms with E-state index in [9.17, 15) is 17.6 Å². The number of para-hydroxylation sites is 1. The van der Waals surface area contributed by atoms with Crippen molar-refractivity contribution in [3.63, 3.8) is 0 Å². The number of anilines is 2. The van der Waals surface area contributed by atoms with E-state index in [0.717, 1.165) is 11.1 Å². The quantitative estimate of drug-likeness (QED) is 0.665. The van der Waals surface area contributed by atoms with Gasteiger partial charge in [0.05, 0.1) is 10.6 Å². The van der Waals surface area contributed by atoms with E-state index in [2.05, 4.69) is 10.0 Å². The van der Waals surface area contributed by atoms with Crippen LogP contribution in [0.3, 0.4) is 0 Å². The average molecular weight is 398 g/mol. The first-order chi connectivity index (χ1) is 13.3. The summed E-state index contributed by atoms with van der Waals surface area (Å²) in [5.74, 6) is -0.922. The number of carbonyl (C=O) groups excluding carboxylic acids is 1. The zero-order chi connectivity index (χ0) is 20.3. The molecule has 144 valence electrons. The molecule has 5 nitrogen and oxygen atoms in total. The number of rotatable bonds is 5. The van der Waals surface area contributed by atoms with E-state index in [1.165, 1.54) is 42.5 Å². The average Bonchev–Trinajstić information content (AvgIpc) is 2.65. The number of carbonyl (C=O) groups is 1. The predicted octanol–water partition coefficient (Wildman–Crippen LogP) is 4.50. The third-order valence-electron chi connectivity index (χ3n) is 4.23. The molecule has 1 amide bonds. The SMILES string of the molecule is Cc1cccc(C)c1NS(=O)(=O)c1ccc(C(=O)Nc2cccc(F)c2)cc1. The van der Waals surface area contributed by atoms with Gasteiger partial charge in [-0.15, -0.1) is 0 Å². The summed E-state index contributed by atoms with van der Waals surface area (Å²) in [4.78, 5) is 12.3. The standard InChI is InChI=1S/C21H19FN2O3S/c1-14-5-3-6-15(2)20(14)24-28(26,27)19-11-9-16(10-12-19)21(25)23-18-8-4-7-17(22)13-18/h3-13,24H,1-2H3,(H,23,25). The Bertz CT molecular complexity index is 1110. The summed E-state index contributed by atoms with van der Waals surface area (Å²) in [6.45, 7) is 3.65. The zero-order valence-corrected chi connectivity index (χ0v) is 16.2. The molecule has 0 heterocycles. The number of nitrogens with one attached hydrogen (secondary N) is 2. The fourth-order valence-electron chi connectivity index (χ4n) is 2.72. The molecule has 28 heavy (non-hydrogen) atoms. The Balaban J connectivity index is 1.78. The summed E-state index contributed by atoms with van der Waals surface area (Å²) in [6.07, 6.45) is 0. The van der Waals surface area contributed by atoms with Gasteiger partial charge in [-0.05, 0) is 67.4 Å². The van der Waals surface area contributed by atoms with Crippen LogP contribution in [-0.2, 0) is 10.0 Å². The Labute approximate surface area is 163 Å². The highest BCUT2D eigenvalue weighted by Gasteiger charge is 2.17. The van der Waals surface area contributed by atoms with Gasteiger partial charge < -0.3 is 5.32 Å². The molecule has 0 aromatic heterocycles. The number of hydrogen-bond acceptors (Lipinski definition) is 3. The van der Waals surface area contributed by atoms with E-state index in [4.69, 9.17) is 0 Å². The van der Waals surface area contributed by atoms with Crippen LogP contribution in [0.25, 0.3) is 0 Å². The number of hydrogen-bond donors (Lipinski definition) is 2. The smallest absolute Gasteiger partial charge is 0.261 e. The molecular weight excluding hydrogens is 379 g/mol. The Kier molecular flexibility index (Phi) is 5.46. The molecule has 0 aliphatic carbocycles. The monoisotopic (exact) mass is 398 g/mol. The fourth-order valence-corrected chi connectivity index (χ4v) is 3.93. The van der Waals surface area contributed by atoms with Crippen molar-refractivity contribution in [3.8, 4) is 0 Å². The molecule has 2 N–H and O–H groups in total. The molecule has 0 saturated carbocycles. The van der Waals surface area contributed by atoms with Crippen LogP contribution in [0.5, 0.6) is 0 Å². The molecule has 0 radical (unpaired) electrons. The maximum atomic E-state index is 13.2. The second-order valence-electron chi connectivity index (χ2n) is 6.36. The van der Waals surface area contributed by atoms with Crippen molar-refractivity contribution in [1.29, 1.82) is 0 Å². The molecule has 0 unspecified atom stereocenters. The molecule has 0 fully saturated rings. The maximum absolute atomic E-state index is 13.2. The first kappa shape index (κ1) is 19.6. The second kappa shape index (κ2) is 7.82. The van der Waals surface area contributed by atoms with Gasteiger partial charge in [-0.2, -0.15) is 0 Å². The number of amides is 1. The van der Waals surface area contributed by atoms with Crippen molar-refractivity contribution >= 4 is 27.3 Å². The van der Waals surface area contributed by atoms with E-state index < -0.39 is 21.7 Å².